The molecule has 1 heterocycles. The van der Waals surface area contributed by atoms with Gasteiger partial charge in [0.25, 0.3) is 0 Å². The van der Waals surface area contributed by atoms with Gasteiger partial charge in [-0.1, -0.05) is 24.6 Å². The minimum Gasteiger partial charge on any atom is -0.320 e. The number of aromatic nitrogens is 1. The summed E-state index contributed by atoms with van der Waals surface area (Å²) in [6.07, 6.45) is 2.96. The standard InChI is InChI=1S/C17H21ClN2O/c1-4-8-19-10-14-11-20(12(2)9-17(14)21)16-7-5-6-15(18)13(16)3/h5-7,9,11,19H,4,8,10H2,1-3H3. The Morgan fingerprint density at radius 1 is 1.29 bits per heavy atom. The molecule has 0 fully saturated rings. The van der Waals surface area contributed by atoms with Crippen molar-refractivity contribution >= 4 is 11.6 Å². The fourth-order valence-corrected chi connectivity index (χ4v) is 2.49. The number of halogens is 1. The summed E-state index contributed by atoms with van der Waals surface area (Å²) >= 11 is 6.20. The van der Waals surface area contributed by atoms with Crippen LogP contribution in [0.2, 0.25) is 5.02 Å². The number of hydrogen-bond donors (Lipinski definition) is 1. The topological polar surface area (TPSA) is 34.0 Å². The lowest BCUT2D eigenvalue weighted by Crippen LogP contribution is -2.22. The Labute approximate surface area is 130 Å². The maximum absolute atomic E-state index is 12.1. The summed E-state index contributed by atoms with van der Waals surface area (Å²) in [6, 6.07) is 7.50. The molecule has 2 rings (SSSR count). The van der Waals surface area contributed by atoms with Crippen molar-refractivity contribution in [1.82, 2.24) is 9.88 Å². The number of rotatable bonds is 5. The summed E-state index contributed by atoms with van der Waals surface area (Å²) in [6.45, 7) is 7.53. The van der Waals surface area contributed by atoms with E-state index in [1.54, 1.807) is 6.07 Å². The van der Waals surface area contributed by atoms with Crippen molar-refractivity contribution < 1.29 is 0 Å². The number of aryl methyl sites for hydroxylation is 1. The Hall–Kier alpha value is -1.58. The molecule has 112 valence electrons. The van der Waals surface area contributed by atoms with Crippen molar-refractivity contribution in [3.8, 4) is 5.69 Å². The van der Waals surface area contributed by atoms with Crippen LogP contribution in [0.1, 0.15) is 30.2 Å². The predicted octanol–water partition coefficient (Wildman–Crippen LogP) is 3.61. The van der Waals surface area contributed by atoms with Gasteiger partial charge in [0, 0.05) is 40.8 Å². The van der Waals surface area contributed by atoms with Gasteiger partial charge in [-0.3, -0.25) is 4.79 Å². The van der Waals surface area contributed by atoms with E-state index in [4.69, 9.17) is 11.6 Å². The molecule has 2 aromatic rings. The number of pyridine rings is 1. The smallest absolute Gasteiger partial charge is 0.186 e. The first-order chi connectivity index (χ1) is 10.0. The molecule has 0 radical (unpaired) electrons. The molecule has 0 aliphatic rings. The second-order valence-electron chi connectivity index (χ2n) is 5.24. The first-order valence-electron chi connectivity index (χ1n) is 7.23. The van der Waals surface area contributed by atoms with E-state index in [-0.39, 0.29) is 5.43 Å². The largest absolute Gasteiger partial charge is 0.320 e. The summed E-state index contributed by atoms with van der Waals surface area (Å²) < 4.78 is 2.03. The van der Waals surface area contributed by atoms with Crippen LogP contribution in [0, 0.1) is 13.8 Å². The van der Waals surface area contributed by atoms with Crippen LogP contribution < -0.4 is 10.7 Å². The van der Waals surface area contributed by atoms with Gasteiger partial charge >= 0.3 is 0 Å². The summed E-state index contributed by atoms with van der Waals surface area (Å²) in [5.74, 6) is 0. The molecule has 0 bridgehead atoms. The average molecular weight is 305 g/mol. The Bertz CT molecular complexity index is 692. The Kier molecular flexibility index (Phi) is 5.21. The lowest BCUT2D eigenvalue weighted by Gasteiger charge is -2.16. The first-order valence-corrected chi connectivity index (χ1v) is 7.60. The number of benzene rings is 1. The van der Waals surface area contributed by atoms with Gasteiger partial charge < -0.3 is 9.88 Å². The zero-order chi connectivity index (χ0) is 15.4. The summed E-state index contributed by atoms with van der Waals surface area (Å²) in [5.41, 5.74) is 3.78. The lowest BCUT2D eigenvalue weighted by atomic mass is 10.1. The van der Waals surface area contributed by atoms with E-state index in [2.05, 4.69) is 12.2 Å². The predicted molar refractivity (Wildman–Crippen MR) is 88.5 cm³/mol. The summed E-state index contributed by atoms with van der Waals surface area (Å²) in [7, 11) is 0. The molecule has 4 heteroatoms. The van der Waals surface area contributed by atoms with Gasteiger partial charge in [-0.15, -0.1) is 0 Å². The molecule has 21 heavy (non-hydrogen) atoms. The van der Waals surface area contributed by atoms with Gasteiger partial charge in [-0.2, -0.15) is 0 Å². The highest BCUT2D eigenvalue weighted by molar-refractivity contribution is 6.31. The highest BCUT2D eigenvalue weighted by Crippen LogP contribution is 2.23. The van der Waals surface area contributed by atoms with E-state index in [1.165, 1.54) is 0 Å². The molecule has 1 aromatic carbocycles. The van der Waals surface area contributed by atoms with Crippen molar-refractivity contribution in [1.29, 1.82) is 0 Å². The lowest BCUT2D eigenvalue weighted by molar-refractivity contribution is 0.668. The van der Waals surface area contributed by atoms with Gasteiger partial charge in [-0.25, -0.2) is 0 Å². The van der Waals surface area contributed by atoms with Crippen molar-refractivity contribution in [3.63, 3.8) is 0 Å². The van der Waals surface area contributed by atoms with Crippen LogP contribution in [0.15, 0.2) is 35.3 Å². The van der Waals surface area contributed by atoms with E-state index in [9.17, 15) is 4.79 Å². The van der Waals surface area contributed by atoms with Crippen LogP contribution >= 0.6 is 11.6 Å². The molecular weight excluding hydrogens is 284 g/mol. The van der Waals surface area contributed by atoms with Gasteiger partial charge in [0.1, 0.15) is 0 Å². The minimum absolute atomic E-state index is 0.0760. The molecule has 1 aromatic heterocycles. The molecule has 0 aliphatic heterocycles. The van der Waals surface area contributed by atoms with Crippen molar-refractivity contribution in [2.75, 3.05) is 6.54 Å². The van der Waals surface area contributed by atoms with E-state index < -0.39 is 0 Å². The third-order valence-corrected chi connectivity index (χ3v) is 3.97. The second kappa shape index (κ2) is 6.92. The molecule has 1 N–H and O–H groups in total. The molecule has 0 aliphatic carbocycles. The molecule has 3 nitrogen and oxygen atoms in total. The Morgan fingerprint density at radius 2 is 2.05 bits per heavy atom. The summed E-state index contributed by atoms with van der Waals surface area (Å²) in [5, 5.41) is 4.01. The van der Waals surface area contributed by atoms with Crippen LogP contribution in [0.3, 0.4) is 0 Å². The molecule has 0 saturated carbocycles. The molecule has 0 saturated heterocycles. The minimum atomic E-state index is 0.0760. The highest BCUT2D eigenvalue weighted by atomic mass is 35.5. The van der Waals surface area contributed by atoms with Crippen molar-refractivity contribution in [2.45, 2.75) is 33.7 Å². The van der Waals surface area contributed by atoms with Crippen molar-refractivity contribution in [2.24, 2.45) is 0 Å². The SMILES string of the molecule is CCCNCc1cn(-c2cccc(Cl)c2C)c(C)cc1=O. The first kappa shape index (κ1) is 15.8. The number of hydrogen-bond acceptors (Lipinski definition) is 2. The van der Waals surface area contributed by atoms with Crippen LogP contribution in [-0.4, -0.2) is 11.1 Å². The molecule has 0 atom stereocenters. The molecule has 0 spiro atoms. The Morgan fingerprint density at radius 3 is 2.76 bits per heavy atom. The van der Waals surface area contributed by atoms with Crippen LogP contribution in [0.5, 0.6) is 0 Å². The maximum Gasteiger partial charge on any atom is 0.186 e. The molecule has 0 amide bonds. The molecular formula is C17H21ClN2O. The van der Waals surface area contributed by atoms with E-state index >= 15 is 0 Å². The van der Waals surface area contributed by atoms with Gasteiger partial charge in [0.2, 0.25) is 0 Å². The normalized spacial score (nSPS) is 10.9. The number of nitrogens with zero attached hydrogens (tertiary/aromatic N) is 1. The van der Waals surface area contributed by atoms with Crippen LogP contribution in [-0.2, 0) is 6.54 Å². The number of nitrogens with one attached hydrogen (secondary N) is 1. The third-order valence-electron chi connectivity index (χ3n) is 3.56. The fourth-order valence-electron chi connectivity index (χ4n) is 2.32. The van der Waals surface area contributed by atoms with Gasteiger partial charge in [0.05, 0.1) is 0 Å². The zero-order valence-corrected chi connectivity index (χ0v) is 13.5. The monoisotopic (exact) mass is 304 g/mol. The zero-order valence-electron chi connectivity index (χ0n) is 12.7. The van der Waals surface area contributed by atoms with Gasteiger partial charge in [-0.05, 0) is 44.5 Å². The quantitative estimate of drug-likeness (QED) is 0.856. The van der Waals surface area contributed by atoms with Gasteiger partial charge in [0.15, 0.2) is 5.43 Å². The fraction of sp³-hybridized carbons (Fsp3) is 0.353. The Balaban J connectivity index is 2.46. The van der Waals surface area contributed by atoms with Crippen molar-refractivity contribution in [3.05, 3.63) is 62.5 Å². The average Bonchev–Trinajstić information content (AvgIpc) is 2.45. The van der Waals surface area contributed by atoms with E-state index in [0.29, 0.717) is 6.54 Å². The highest BCUT2D eigenvalue weighted by Gasteiger charge is 2.09. The second-order valence-corrected chi connectivity index (χ2v) is 5.64. The maximum atomic E-state index is 12.1. The van der Waals surface area contributed by atoms with E-state index in [1.807, 2.05) is 42.8 Å². The van der Waals surface area contributed by atoms with E-state index in [0.717, 1.165) is 40.5 Å². The van der Waals surface area contributed by atoms with Crippen LogP contribution in [0.4, 0.5) is 0 Å². The third kappa shape index (κ3) is 3.55. The van der Waals surface area contributed by atoms with Crippen LogP contribution in [0.25, 0.3) is 5.69 Å². The summed E-state index contributed by atoms with van der Waals surface area (Å²) in [4.78, 5) is 12.1. The molecule has 0 unspecified atom stereocenters.